The van der Waals surface area contributed by atoms with Crippen LogP contribution in [0.15, 0.2) is 42.7 Å². The summed E-state index contributed by atoms with van der Waals surface area (Å²) in [5.41, 5.74) is 1.03. The molecule has 3 rings (SSSR count). The predicted octanol–water partition coefficient (Wildman–Crippen LogP) is 2.14. The fourth-order valence-electron chi connectivity index (χ4n) is 2.80. The van der Waals surface area contributed by atoms with Crippen molar-refractivity contribution in [2.75, 3.05) is 24.5 Å². The summed E-state index contributed by atoms with van der Waals surface area (Å²) in [7, 11) is 0. The molecule has 5 heteroatoms. The Bertz CT molecular complexity index is 672. The van der Waals surface area contributed by atoms with Gasteiger partial charge < -0.3 is 10.2 Å². The summed E-state index contributed by atoms with van der Waals surface area (Å²) in [6, 6.07) is 9.62. The fourth-order valence-corrected chi connectivity index (χ4v) is 2.80. The largest absolute Gasteiger partial charge is 0.354 e. The van der Waals surface area contributed by atoms with Crippen LogP contribution < -0.4 is 10.2 Å². The third kappa shape index (κ3) is 3.56. The van der Waals surface area contributed by atoms with Crippen LogP contribution in [0.5, 0.6) is 0 Å². The summed E-state index contributed by atoms with van der Waals surface area (Å²) in [5.74, 6) is 1.35. The quantitative estimate of drug-likeness (QED) is 0.877. The van der Waals surface area contributed by atoms with Crippen LogP contribution in [0.4, 0.5) is 5.82 Å². The number of hydrogen-bond donors (Lipinski definition) is 1. The van der Waals surface area contributed by atoms with Crippen molar-refractivity contribution in [3.05, 3.63) is 54.0 Å². The van der Waals surface area contributed by atoms with E-state index in [2.05, 4.69) is 34.0 Å². The highest BCUT2D eigenvalue weighted by Crippen LogP contribution is 2.17. The summed E-state index contributed by atoms with van der Waals surface area (Å²) in [6.45, 7) is 7.19. The first-order valence-corrected chi connectivity index (χ1v) is 8.05. The zero-order chi connectivity index (χ0) is 16.2. The summed E-state index contributed by atoms with van der Waals surface area (Å²) >= 11 is 0. The van der Waals surface area contributed by atoms with Crippen molar-refractivity contribution in [3.8, 4) is 0 Å². The molecule has 2 aromatic rings. The van der Waals surface area contributed by atoms with Crippen molar-refractivity contribution in [2.24, 2.45) is 5.92 Å². The number of hydrogen-bond acceptors (Lipinski definition) is 5. The molecular weight excluding hydrogens is 288 g/mol. The molecule has 0 bridgehead atoms. The highest BCUT2D eigenvalue weighted by atomic mass is 16.1. The predicted molar refractivity (Wildman–Crippen MR) is 90.7 cm³/mol. The molecule has 3 heterocycles. The molecule has 1 saturated heterocycles. The second-order valence-electron chi connectivity index (χ2n) is 6.20. The van der Waals surface area contributed by atoms with Gasteiger partial charge in [-0.15, -0.1) is 0 Å². The number of carbonyl (C=O) groups excluding carboxylic acids is 1. The number of rotatable bonds is 4. The number of pyridine rings is 2. The van der Waals surface area contributed by atoms with Gasteiger partial charge in [0, 0.05) is 43.6 Å². The maximum absolute atomic E-state index is 12.5. The molecule has 23 heavy (non-hydrogen) atoms. The highest BCUT2D eigenvalue weighted by Gasteiger charge is 2.23. The lowest BCUT2D eigenvalue weighted by Crippen LogP contribution is -2.53. The lowest BCUT2D eigenvalue weighted by Gasteiger charge is -2.36. The Morgan fingerprint density at radius 1 is 1.30 bits per heavy atom. The standard InChI is InChI=1S/C18H22N4O/c1-13(2)16-12-22(10-9-20-16)17-7-3-6-15(21-17)18(23)14-5-4-8-19-11-14/h3-8,11,13,16,20H,9-10,12H2,1-2H3/t16-/m0/s1. The monoisotopic (exact) mass is 310 g/mol. The minimum absolute atomic E-state index is 0.0875. The molecule has 0 spiro atoms. The van der Waals surface area contributed by atoms with Crippen molar-refractivity contribution in [1.82, 2.24) is 15.3 Å². The van der Waals surface area contributed by atoms with Gasteiger partial charge in [0.1, 0.15) is 11.5 Å². The number of carbonyl (C=O) groups is 1. The maximum atomic E-state index is 12.5. The highest BCUT2D eigenvalue weighted by molar-refractivity contribution is 6.07. The van der Waals surface area contributed by atoms with Gasteiger partial charge in [0.15, 0.2) is 0 Å². The Labute approximate surface area is 136 Å². The Kier molecular flexibility index (Phi) is 4.67. The average Bonchev–Trinajstić information content (AvgIpc) is 2.62. The van der Waals surface area contributed by atoms with Crippen LogP contribution in [0.3, 0.4) is 0 Å². The Morgan fingerprint density at radius 3 is 2.91 bits per heavy atom. The molecule has 0 unspecified atom stereocenters. The van der Waals surface area contributed by atoms with Gasteiger partial charge in [0.2, 0.25) is 5.78 Å². The molecule has 1 aliphatic heterocycles. The van der Waals surface area contributed by atoms with E-state index in [1.165, 1.54) is 0 Å². The number of anilines is 1. The summed E-state index contributed by atoms with van der Waals surface area (Å²) in [5, 5.41) is 3.54. The molecule has 1 aliphatic rings. The zero-order valence-corrected chi connectivity index (χ0v) is 13.6. The number of piperazine rings is 1. The van der Waals surface area contributed by atoms with E-state index in [0.29, 0.717) is 23.2 Å². The van der Waals surface area contributed by atoms with Gasteiger partial charge in [-0.3, -0.25) is 9.78 Å². The van der Waals surface area contributed by atoms with E-state index in [0.717, 1.165) is 25.5 Å². The van der Waals surface area contributed by atoms with Gasteiger partial charge >= 0.3 is 0 Å². The Hall–Kier alpha value is -2.27. The smallest absolute Gasteiger partial charge is 0.212 e. The number of nitrogens with one attached hydrogen (secondary N) is 1. The van der Waals surface area contributed by atoms with E-state index in [9.17, 15) is 4.79 Å². The van der Waals surface area contributed by atoms with E-state index in [1.54, 1.807) is 30.6 Å². The van der Waals surface area contributed by atoms with Crippen LogP contribution in [-0.2, 0) is 0 Å². The minimum atomic E-state index is -0.0875. The molecule has 0 aliphatic carbocycles. The minimum Gasteiger partial charge on any atom is -0.354 e. The number of nitrogens with zero attached hydrogens (tertiary/aromatic N) is 3. The first-order valence-electron chi connectivity index (χ1n) is 8.05. The van der Waals surface area contributed by atoms with Gasteiger partial charge in [-0.05, 0) is 30.2 Å². The summed E-state index contributed by atoms with van der Waals surface area (Å²) in [4.78, 5) is 23.4. The van der Waals surface area contributed by atoms with Gasteiger partial charge in [-0.1, -0.05) is 19.9 Å². The number of ketones is 1. The van der Waals surface area contributed by atoms with Crippen molar-refractivity contribution in [2.45, 2.75) is 19.9 Å². The molecule has 0 amide bonds. The van der Waals surface area contributed by atoms with Crippen molar-refractivity contribution in [3.63, 3.8) is 0 Å². The first kappa shape index (κ1) is 15.6. The second-order valence-corrected chi connectivity index (χ2v) is 6.20. The van der Waals surface area contributed by atoms with Crippen LogP contribution in [0.2, 0.25) is 0 Å². The number of aromatic nitrogens is 2. The Morgan fingerprint density at radius 2 is 2.17 bits per heavy atom. The van der Waals surface area contributed by atoms with Crippen LogP contribution in [-0.4, -0.2) is 41.4 Å². The normalized spacial score (nSPS) is 18.2. The van der Waals surface area contributed by atoms with Crippen LogP contribution in [0.25, 0.3) is 0 Å². The van der Waals surface area contributed by atoms with Gasteiger partial charge in [0.25, 0.3) is 0 Å². The summed E-state index contributed by atoms with van der Waals surface area (Å²) < 4.78 is 0. The maximum Gasteiger partial charge on any atom is 0.212 e. The fraction of sp³-hybridized carbons (Fsp3) is 0.389. The topological polar surface area (TPSA) is 58.1 Å². The van der Waals surface area contributed by atoms with Crippen LogP contribution >= 0.6 is 0 Å². The molecular formula is C18H22N4O. The van der Waals surface area contributed by atoms with Crippen molar-refractivity contribution >= 4 is 11.6 Å². The second kappa shape index (κ2) is 6.87. The van der Waals surface area contributed by atoms with Crippen LogP contribution in [0, 0.1) is 5.92 Å². The molecule has 1 atom stereocenters. The van der Waals surface area contributed by atoms with Crippen molar-refractivity contribution < 1.29 is 4.79 Å². The molecule has 0 saturated carbocycles. The molecule has 1 fully saturated rings. The Balaban J connectivity index is 1.81. The van der Waals surface area contributed by atoms with Crippen LogP contribution in [0.1, 0.15) is 29.9 Å². The van der Waals surface area contributed by atoms with E-state index >= 15 is 0 Å². The first-order chi connectivity index (χ1) is 11.1. The van der Waals surface area contributed by atoms with E-state index in [4.69, 9.17) is 0 Å². The molecule has 1 N–H and O–H groups in total. The molecule has 5 nitrogen and oxygen atoms in total. The molecule has 2 aromatic heterocycles. The molecule has 0 aromatic carbocycles. The zero-order valence-electron chi connectivity index (χ0n) is 13.6. The average molecular weight is 310 g/mol. The molecule has 120 valence electrons. The van der Waals surface area contributed by atoms with Crippen molar-refractivity contribution in [1.29, 1.82) is 0 Å². The summed E-state index contributed by atoms with van der Waals surface area (Å²) in [6.07, 6.45) is 3.24. The third-order valence-electron chi connectivity index (χ3n) is 4.22. The van der Waals surface area contributed by atoms with Gasteiger partial charge in [-0.25, -0.2) is 4.98 Å². The lowest BCUT2D eigenvalue weighted by atomic mass is 10.0. The SMILES string of the molecule is CC(C)[C@@H]1CN(c2cccc(C(=O)c3cccnc3)n2)CCN1. The third-order valence-corrected chi connectivity index (χ3v) is 4.22. The van der Waals surface area contributed by atoms with Gasteiger partial charge in [0.05, 0.1) is 0 Å². The van der Waals surface area contributed by atoms with E-state index < -0.39 is 0 Å². The van der Waals surface area contributed by atoms with E-state index in [-0.39, 0.29) is 5.78 Å². The lowest BCUT2D eigenvalue weighted by molar-refractivity contribution is 0.103. The van der Waals surface area contributed by atoms with E-state index in [1.807, 2.05) is 12.1 Å². The van der Waals surface area contributed by atoms with Gasteiger partial charge in [-0.2, -0.15) is 0 Å². The molecule has 0 radical (unpaired) electrons.